The van der Waals surface area contributed by atoms with Gasteiger partial charge in [0, 0.05) is 39.3 Å². The summed E-state index contributed by atoms with van der Waals surface area (Å²) in [6, 6.07) is 1.10. The monoisotopic (exact) mass is 229 g/mol. The van der Waals surface area contributed by atoms with Crippen molar-refractivity contribution in [1.82, 2.24) is 15.1 Å². The lowest BCUT2D eigenvalue weighted by molar-refractivity contribution is -0.127. The zero-order valence-corrected chi connectivity index (χ0v) is 11.6. The Balaban J connectivity index is 3.75. The van der Waals surface area contributed by atoms with Gasteiger partial charge in [-0.3, -0.25) is 9.69 Å². The van der Waals surface area contributed by atoms with Crippen LogP contribution in [0.5, 0.6) is 0 Å². The van der Waals surface area contributed by atoms with Crippen LogP contribution in [0.3, 0.4) is 0 Å². The predicted octanol–water partition coefficient (Wildman–Crippen LogP) is 0.783. The van der Waals surface area contributed by atoms with E-state index in [1.807, 2.05) is 0 Å². The number of likely N-dealkylation sites (N-methyl/N-ethyl adjacent to an activating group) is 1. The molecule has 0 rings (SSSR count). The van der Waals surface area contributed by atoms with Crippen molar-refractivity contribution in [1.29, 1.82) is 0 Å². The summed E-state index contributed by atoms with van der Waals surface area (Å²) in [6.45, 7) is 11.1. The van der Waals surface area contributed by atoms with E-state index in [4.69, 9.17) is 0 Å². The van der Waals surface area contributed by atoms with Crippen LogP contribution in [0.15, 0.2) is 0 Å². The maximum Gasteiger partial charge on any atom is 0.236 e. The number of hydrogen-bond acceptors (Lipinski definition) is 3. The summed E-state index contributed by atoms with van der Waals surface area (Å²) in [7, 11) is 3.55. The molecule has 0 aliphatic carbocycles. The first kappa shape index (κ1) is 15.4. The van der Waals surface area contributed by atoms with E-state index < -0.39 is 0 Å². The largest absolute Gasteiger partial charge is 0.348 e. The van der Waals surface area contributed by atoms with Gasteiger partial charge >= 0.3 is 0 Å². The molecule has 0 atom stereocenters. The standard InChI is InChI=1S/C12H27N3O/c1-10(2)15(11(3)4)8-7-13-9-12(16)14(5)6/h10-11,13H,7-9H2,1-6H3. The summed E-state index contributed by atoms with van der Waals surface area (Å²) in [6.07, 6.45) is 0. The highest BCUT2D eigenvalue weighted by molar-refractivity contribution is 5.77. The van der Waals surface area contributed by atoms with Gasteiger partial charge < -0.3 is 10.2 Å². The van der Waals surface area contributed by atoms with Gasteiger partial charge in [0.15, 0.2) is 0 Å². The van der Waals surface area contributed by atoms with Gasteiger partial charge in [0.1, 0.15) is 0 Å². The normalized spacial score (nSPS) is 11.6. The van der Waals surface area contributed by atoms with Gasteiger partial charge in [-0.2, -0.15) is 0 Å². The number of carbonyl (C=O) groups excluding carboxylic acids is 1. The Morgan fingerprint density at radius 2 is 1.62 bits per heavy atom. The topological polar surface area (TPSA) is 35.6 Å². The number of nitrogens with zero attached hydrogens (tertiary/aromatic N) is 2. The molecule has 4 nitrogen and oxygen atoms in total. The van der Waals surface area contributed by atoms with Crippen LogP contribution < -0.4 is 5.32 Å². The van der Waals surface area contributed by atoms with Crippen molar-refractivity contribution in [3.8, 4) is 0 Å². The van der Waals surface area contributed by atoms with Crippen molar-refractivity contribution < 1.29 is 4.79 Å². The molecule has 0 aliphatic heterocycles. The number of carbonyl (C=O) groups is 1. The Kier molecular flexibility index (Phi) is 7.34. The molecule has 0 saturated carbocycles. The maximum atomic E-state index is 11.3. The van der Waals surface area contributed by atoms with Crippen molar-refractivity contribution in [2.75, 3.05) is 33.7 Å². The number of hydrogen-bond donors (Lipinski definition) is 1. The highest BCUT2D eigenvalue weighted by Crippen LogP contribution is 2.02. The average molecular weight is 229 g/mol. The summed E-state index contributed by atoms with van der Waals surface area (Å²) < 4.78 is 0. The third kappa shape index (κ3) is 6.08. The van der Waals surface area contributed by atoms with Crippen molar-refractivity contribution in [2.24, 2.45) is 0 Å². The molecule has 0 radical (unpaired) electrons. The molecule has 4 heteroatoms. The van der Waals surface area contributed by atoms with Crippen LogP contribution in [0, 0.1) is 0 Å². The highest BCUT2D eigenvalue weighted by Gasteiger charge is 2.12. The minimum atomic E-state index is 0.126. The van der Waals surface area contributed by atoms with Crippen LogP contribution in [0.2, 0.25) is 0 Å². The quantitative estimate of drug-likeness (QED) is 0.655. The van der Waals surface area contributed by atoms with E-state index >= 15 is 0 Å². The summed E-state index contributed by atoms with van der Waals surface area (Å²) in [5, 5.41) is 3.17. The SMILES string of the molecule is CC(C)N(CCNCC(=O)N(C)C)C(C)C. The molecular weight excluding hydrogens is 202 g/mol. The first-order valence-corrected chi connectivity index (χ1v) is 6.02. The Morgan fingerprint density at radius 3 is 2.00 bits per heavy atom. The van der Waals surface area contributed by atoms with Crippen LogP contribution >= 0.6 is 0 Å². The van der Waals surface area contributed by atoms with E-state index in [0.29, 0.717) is 18.6 Å². The van der Waals surface area contributed by atoms with Gasteiger partial charge in [0.25, 0.3) is 0 Å². The van der Waals surface area contributed by atoms with Crippen LogP contribution in [-0.2, 0) is 4.79 Å². The minimum Gasteiger partial charge on any atom is -0.348 e. The molecular formula is C12H27N3O. The lowest BCUT2D eigenvalue weighted by Crippen LogP contribution is -2.43. The van der Waals surface area contributed by atoms with E-state index in [-0.39, 0.29) is 5.91 Å². The second-order valence-electron chi connectivity index (χ2n) is 4.89. The van der Waals surface area contributed by atoms with E-state index in [1.165, 1.54) is 0 Å². The maximum absolute atomic E-state index is 11.3. The molecule has 16 heavy (non-hydrogen) atoms. The summed E-state index contributed by atoms with van der Waals surface area (Å²) >= 11 is 0. The van der Waals surface area contributed by atoms with Crippen molar-refractivity contribution in [3.63, 3.8) is 0 Å². The fourth-order valence-corrected chi connectivity index (χ4v) is 1.67. The molecule has 0 aromatic rings. The minimum absolute atomic E-state index is 0.126. The molecule has 0 heterocycles. The van der Waals surface area contributed by atoms with Gasteiger partial charge in [0.2, 0.25) is 5.91 Å². The van der Waals surface area contributed by atoms with E-state index in [9.17, 15) is 4.79 Å². The molecule has 0 bridgehead atoms. The second-order valence-corrected chi connectivity index (χ2v) is 4.89. The third-order valence-electron chi connectivity index (χ3n) is 2.65. The number of rotatable bonds is 7. The Bertz CT molecular complexity index is 194. The Labute approximate surface area is 100.0 Å². The zero-order chi connectivity index (χ0) is 12.7. The van der Waals surface area contributed by atoms with Crippen molar-refractivity contribution >= 4 is 5.91 Å². The van der Waals surface area contributed by atoms with E-state index in [2.05, 4.69) is 37.9 Å². The predicted molar refractivity (Wildman–Crippen MR) is 68.5 cm³/mol. The molecule has 0 fully saturated rings. The molecule has 0 aliphatic rings. The van der Waals surface area contributed by atoms with Crippen LogP contribution in [0.1, 0.15) is 27.7 Å². The van der Waals surface area contributed by atoms with Crippen LogP contribution in [0.25, 0.3) is 0 Å². The smallest absolute Gasteiger partial charge is 0.236 e. The summed E-state index contributed by atoms with van der Waals surface area (Å²) in [5.41, 5.74) is 0. The Morgan fingerprint density at radius 1 is 1.12 bits per heavy atom. The fourth-order valence-electron chi connectivity index (χ4n) is 1.67. The molecule has 0 aromatic carbocycles. The molecule has 1 amide bonds. The zero-order valence-electron chi connectivity index (χ0n) is 11.6. The second kappa shape index (κ2) is 7.63. The van der Waals surface area contributed by atoms with E-state index in [0.717, 1.165) is 13.1 Å². The van der Waals surface area contributed by atoms with E-state index in [1.54, 1.807) is 19.0 Å². The molecule has 0 aromatic heterocycles. The van der Waals surface area contributed by atoms with Gasteiger partial charge in [-0.25, -0.2) is 0 Å². The van der Waals surface area contributed by atoms with Gasteiger partial charge in [-0.1, -0.05) is 0 Å². The molecule has 0 spiro atoms. The lowest BCUT2D eigenvalue weighted by atomic mass is 10.2. The average Bonchev–Trinajstić information content (AvgIpc) is 2.15. The molecule has 96 valence electrons. The number of nitrogens with one attached hydrogen (secondary N) is 1. The highest BCUT2D eigenvalue weighted by atomic mass is 16.2. The molecule has 0 unspecified atom stereocenters. The van der Waals surface area contributed by atoms with Gasteiger partial charge in [0.05, 0.1) is 6.54 Å². The third-order valence-corrected chi connectivity index (χ3v) is 2.65. The Hall–Kier alpha value is -0.610. The first-order valence-electron chi connectivity index (χ1n) is 6.02. The summed E-state index contributed by atoms with van der Waals surface area (Å²) in [4.78, 5) is 15.3. The van der Waals surface area contributed by atoms with Crippen LogP contribution in [-0.4, -0.2) is 61.5 Å². The van der Waals surface area contributed by atoms with Crippen molar-refractivity contribution in [2.45, 2.75) is 39.8 Å². The summed E-state index contributed by atoms with van der Waals surface area (Å²) in [5.74, 6) is 0.126. The first-order chi connectivity index (χ1) is 7.36. The van der Waals surface area contributed by atoms with Crippen LogP contribution in [0.4, 0.5) is 0 Å². The lowest BCUT2D eigenvalue weighted by Gasteiger charge is -2.30. The van der Waals surface area contributed by atoms with Crippen molar-refractivity contribution in [3.05, 3.63) is 0 Å². The van der Waals surface area contributed by atoms with Gasteiger partial charge in [-0.15, -0.1) is 0 Å². The fraction of sp³-hybridized carbons (Fsp3) is 0.917. The van der Waals surface area contributed by atoms with Gasteiger partial charge in [-0.05, 0) is 27.7 Å². The molecule has 1 N–H and O–H groups in total. The number of amides is 1. The molecule has 0 saturated heterocycles.